The smallest absolute Gasteiger partial charge is 0.225 e. The molecule has 26 heavy (non-hydrogen) atoms. The van der Waals surface area contributed by atoms with Crippen LogP contribution in [0.15, 0.2) is 30.7 Å². The lowest BCUT2D eigenvalue weighted by molar-refractivity contribution is -0.125. The quantitative estimate of drug-likeness (QED) is 0.826. The normalized spacial score (nSPS) is 16.0. The monoisotopic (exact) mass is 353 g/mol. The van der Waals surface area contributed by atoms with E-state index in [2.05, 4.69) is 34.0 Å². The molecule has 1 N–H and O–H groups in total. The number of nitrogens with one attached hydrogen (secondary N) is 1. The molecule has 2 aromatic rings. The van der Waals surface area contributed by atoms with Gasteiger partial charge in [0.25, 0.3) is 0 Å². The number of nitrogens with zero attached hydrogens (tertiary/aromatic N) is 4. The maximum Gasteiger partial charge on any atom is 0.225 e. The molecule has 0 saturated heterocycles. The van der Waals surface area contributed by atoms with Crippen LogP contribution in [0.25, 0.3) is 0 Å². The second-order valence-electron chi connectivity index (χ2n) is 6.65. The van der Waals surface area contributed by atoms with Gasteiger partial charge in [0, 0.05) is 49.8 Å². The Hall–Kier alpha value is -2.50. The third kappa shape index (κ3) is 4.36. The first-order chi connectivity index (χ1) is 12.7. The zero-order valence-electron chi connectivity index (χ0n) is 15.6. The van der Waals surface area contributed by atoms with Gasteiger partial charge in [-0.1, -0.05) is 0 Å². The Morgan fingerprint density at radius 2 is 2.04 bits per heavy atom. The highest BCUT2D eigenvalue weighted by Gasteiger charge is 2.26. The van der Waals surface area contributed by atoms with Crippen molar-refractivity contribution in [3.05, 3.63) is 47.5 Å². The first kappa shape index (κ1) is 18.3. The summed E-state index contributed by atoms with van der Waals surface area (Å²) in [5.74, 6) is 0.953. The standard InChI is InChI=1S/C20H27N5O/c1-3-25(4-2)20-23-14-17-13-16(5-6-18(17)24-20)19(26)22-12-9-15-7-10-21-11-8-15/h7-8,10-11,14,16H,3-6,9,12-13H2,1-2H3,(H,22,26). The summed E-state index contributed by atoms with van der Waals surface area (Å²) in [5.41, 5.74) is 3.40. The van der Waals surface area contributed by atoms with Crippen molar-refractivity contribution in [2.45, 2.75) is 39.5 Å². The van der Waals surface area contributed by atoms with E-state index < -0.39 is 0 Å². The maximum absolute atomic E-state index is 12.5. The lowest BCUT2D eigenvalue weighted by Crippen LogP contribution is -2.35. The number of fused-ring (bicyclic) bond motifs is 1. The van der Waals surface area contributed by atoms with Crippen LogP contribution in [-0.2, 0) is 24.1 Å². The van der Waals surface area contributed by atoms with Gasteiger partial charge in [-0.05, 0) is 62.8 Å². The van der Waals surface area contributed by atoms with E-state index in [-0.39, 0.29) is 11.8 Å². The summed E-state index contributed by atoms with van der Waals surface area (Å²) in [6.07, 6.45) is 8.72. The average Bonchev–Trinajstić information content (AvgIpc) is 2.69. The third-order valence-electron chi connectivity index (χ3n) is 5.02. The van der Waals surface area contributed by atoms with Crippen LogP contribution in [0.4, 0.5) is 5.95 Å². The molecule has 1 aliphatic carbocycles. The van der Waals surface area contributed by atoms with E-state index in [0.717, 1.165) is 56.0 Å². The Balaban J connectivity index is 1.55. The number of pyridine rings is 1. The first-order valence-electron chi connectivity index (χ1n) is 9.47. The van der Waals surface area contributed by atoms with E-state index >= 15 is 0 Å². The molecule has 1 unspecified atom stereocenters. The molecule has 0 aromatic carbocycles. The molecule has 0 fully saturated rings. The number of anilines is 1. The molecule has 1 aliphatic rings. The van der Waals surface area contributed by atoms with Crippen molar-refractivity contribution < 1.29 is 4.79 Å². The fraction of sp³-hybridized carbons (Fsp3) is 0.500. The highest BCUT2D eigenvalue weighted by Crippen LogP contribution is 2.25. The second kappa shape index (κ2) is 8.74. The minimum atomic E-state index is 0.0165. The van der Waals surface area contributed by atoms with Crippen LogP contribution in [0.1, 0.15) is 37.1 Å². The van der Waals surface area contributed by atoms with Gasteiger partial charge in [-0.3, -0.25) is 9.78 Å². The topological polar surface area (TPSA) is 71.0 Å². The number of aromatic nitrogens is 3. The molecule has 0 saturated carbocycles. The van der Waals surface area contributed by atoms with E-state index in [4.69, 9.17) is 4.98 Å². The van der Waals surface area contributed by atoms with Crippen molar-refractivity contribution in [1.82, 2.24) is 20.3 Å². The molecule has 0 spiro atoms. The number of hydrogen-bond donors (Lipinski definition) is 1. The first-order valence-corrected chi connectivity index (χ1v) is 9.47. The van der Waals surface area contributed by atoms with Gasteiger partial charge < -0.3 is 10.2 Å². The van der Waals surface area contributed by atoms with E-state index in [9.17, 15) is 4.79 Å². The largest absolute Gasteiger partial charge is 0.356 e. The minimum Gasteiger partial charge on any atom is -0.356 e. The SMILES string of the molecule is CCN(CC)c1ncc2c(n1)CCC(C(=O)NCCc1ccncc1)C2. The molecule has 138 valence electrons. The van der Waals surface area contributed by atoms with Gasteiger partial charge in [0.2, 0.25) is 11.9 Å². The van der Waals surface area contributed by atoms with E-state index in [1.54, 1.807) is 12.4 Å². The molecule has 2 aromatic heterocycles. The highest BCUT2D eigenvalue weighted by molar-refractivity contribution is 5.79. The Labute approximate surface area is 155 Å². The number of amides is 1. The molecule has 1 atom stereocenters. The molecule has 0 aliphatic heterocycles. The predicted octanol–water partition coefficient (Wildman–Crippen LogP) is 2.18. The minimum absolute atomic E-state index is 0.0165. The Morgan fingerprint density at radius 3 is 2.77 bits per heavy atom. The summed E-state index contributed by atoms with van der Waals surface area (Å²) >= 11 is 0. The van der Waals surface area contributed by atoms with Crippen LogP contribution >= 0.6 is 0 Å². The van der Waals surface area contributed by atoms with Gasteiger partial charge in [0.05, 0.1) is 0 Å². The molecule has 0 bridgehead atoms. The van der Waals surface area contributed by atoms with Crippen molar-refractivity contribution >= 4 is 11.9 Å². The Morgan fingerprint density at radius 1 is 1.27 bits per heavy atom. The zero-order valence-corrected chi connectivity index (χ0v) is 15.6. The van der Waals surface area contributed by atoms with E-state index in [1.807, 2.05) is 18.3 Å². The summed E-state index contributed by atoms with van der Waals surface area (Å²) in [4.78, 5) is 27.9. The van der Waals surface area contributed by atoms with Gasteiger partial charge in [-0.2, -0.15) is 0 Å². The Kier molecular flexibility index (Phi) is 6.15. The molecular formula is C20H27N5O. The number of carbonyl (C=O) groups excluding carboxylic acids is 1. The van der Waals surface area contributed by atoms with Gasteiger partial charge in [0.1, 0.15) is 0 Å². The predicted molar refractivity (Wildman–Crippen MR) is 102 cm³/mol. The van der Waals surface area contributed by atoms with Crippen molar-refractivity contribution in [2.24, 2.45) is 5.92 Å². The number of aryl methyl sites for hydroxylation is 1. The summed E-state index contributed by atoms with van der Waals surface area (Å²) in [7, 11) is 0. The van der Waals surface area contributed by atoms with E-state index in [1.165, 1.54) is 5.56 Å². The van der Waals surface area contributed by atoms with Gasteiger partial charge >= 0.3 is 0 Å². The fourth-order valence-corrected chi connectivity index (χ4v) is 3.40. The lowest BCUT2D eigenvalue weighted by Gasteiger charge is -2.25. The number of rotatable bonds is 7. The van der Waals surface area contributed by atoms with Crippen molar-refractivity contribution in [1.29, 1.82) is 0 Å². The summed E-state index contributed by atoms with van der Waals surface area (Å²) in [5, 5.41) is 3.07. The van der Waals surface area contributed by atoms with Crippen LogP contribution in [-0.4, -0.2) is 40.5 Å². The van der Waals surface area contributed by atoms with Crippen LogP contribution in [0, 0.1) is 5.92 Å². The summed E-state index contributed by atoms with van der Waals surface area (Å²) < 4.78 is 0. The van der Waals surface area contributed by atoms with E-state index in [0.29, 0.717) is 6.54 Å². The van der Waals surface area contributed by atoms with Gasteiger partial charge in [-0.15, -0.1) is 0 Å². The van der Waals surface area contributed by atoms with Gasteiger partial charge in [-0.25, -0.2) is 9.97 Å². The van der Waals surface area contributed by atoms with Crippen LogP contribution in [0.3, 0.4) is 0 Å². The van der Waals surface area contributed by atoms with Crippen molar-refractivity contribution in [2.75, 3.05) is 24.5 Å². The maximum atomic E-state index is 12.5. The Bertz CT molecular complexity index is 730. The summed E-state index contributed by atoms with van der Waals surface area (Å²) in [6, 6.07) is 3.96. The molecule has 2 heterocycles. The van der Waals surface area contributed by atoms with Gasteiger partial charge in [0.15, 0.2) is 0 Å². The van der Waals surface area contributed by atoms with Crippen molar-refractivity contribution in [3.8, 4) is 0 Å². The molecular weight excluding hydrogens is 326 g/mol. The van der Waals surface area contributed by atoms with Crippen LogP contribution in [0.2, 0.25) is 0 Å². The average molecular weight is 353 g/mol. The number of carbonyl (C=O) groups is 1. The molecule has 6 nitrogen and oxygen atoms in total. The second-order valence-corrected chi connectivity index (χ2v) is 6.65. The summed E-state index contributed by atoms with van der Waals surface area (Å²) in [6.45, 7) is 6.68. The molecule has 0 radical (unpaired) electrons. The zero-order chi connectivity index (χ0) is 18.4. The third-order valence-corrected chi connectivity index (χ3v) is 5.02. The van der Waals surface area contributed by atoms with Crippen LogP contribution in [0.5, 0.6) is 0 Å². The molecule has 3 rings (SSSR count). The molecule has 6 heteroatoms. The number of hydrogen-bond acceptors (Lipinski definition) is 5. The van der Waals surface area contributed by atoms with Crippen LogP contribution < -0.4 is 10.2 Å². The van der Waals surface area contributed by atoms with Crippen molar-refractivity contribution in [3.63, 3.8) is 0 Å². The highest BCUT2D eigenvalue weighted by atomic mass is 16.1. The lowest BCUT2D eigenvalue weighted by atomic mass is 9.86. The fourth-order valence-electron chi connectivity index (χ4n) is 3.40. The molecule has 1 amide bonds.